The molecule has 0 saturated carbocycles. The molecule has 0 atom stereocenters. The smallest absolute Gasteiger partial charge is 0.234 e. The van der Waals surface area contributed by atoms with Crippen molar-refractivity contribution in [1.29, 1.82) is 10.5 Å². The van der Waals surface area contributed by atoms with Crippen molar-refractivity contribution in [3.63, 3.8) is 0 Å². The molecule has 0 aliphatic carbocycles. The van der Waals surface area contributed by atoms with Crippen LogP contribution in [0.25, 0.3) is 0 Å². The van der Waals surface area contributed by atoms with Crippen molar-refractivity contribution in [2.45, 2.75) is 6.18 Å². The fraction of sp³-hybridized carbons (Fsp3) is 0.300. The minimum atomic E-state index is -4.54. The molecule has 0 aromatic carbocycles. The van der Waals surface area contributed by atoms with Gasteiger partial charge in [-0.25, -0.2) is 4.98 Å². The molecular weight excluding hydrogens is 283 g/mol. The van der Waals surface area contributed by atoms with Gasteiger partial charge in [0, 0.05) is 6.20 Å². The van der Waals surface area contributed by atoms with Crippen LogP contribution < -0.4 is 0 Å². The topological polar surface area (TPSA) is 85.2 Å². The maximum Gasteiger partial charge on any atom is 0.417 e. The lowest BCUT2D eigenvalue weighted by molar-refractivity contribution is -0.137. The Balaban J connectivity index is 2.85. The predicted molar refractivity (Wildman–Crippen MR) is 58.3 cm³/mol. The number of hydrogen-bond acceptors (Lipinski definition) is 5. The van der Waals surface area contributed by atoms with Crippen LogP contribution in [0.15, 0.2) is 22.5 Å². The van der Waals surface area contributed by atoms with Gasteiger partial charge < -0.3 is 0 Å². The third kappa shape index (κ3) is 4.19. The third-order valence-electron chi connectivity index (χ3n) is 1.89. The molecule has 0 saturated heterocycles. The SMILES string of the molecule is N#CC(C#N)CN=Nc1ncc(C(F)(F)F)cc1Cl. The van der Waals surface area contributed by atoms with Gasteiger partial charge in [0.1, 0.15) is 0 Å². The first-order valence-corrected chi connectivity index (χ1v) is 5.15. The molecule has 1 aromatic heterocycles. The quantitative estimate of drug-likeness (QED) is 0.797. The van der Waals surface area contributed by atoms with Crippen LogP contribution >= 0.6 is 11.6 Å². The van der Waals surface area contributed by atoms with Crippen LogP contribution in [-0.4, -0.2) is 11.5 Å². The zero-order valence-corrected chi connectivity index (χ0v) is 9.94. The average Bonchev–Trinajstić information content (AvgIpc) is 2.35. The molecule has 0 bridgehead atoms. The number of azo groups is 1. The zero-order valence-electron chi connectivity index (χ0n) is 9.19. The van der Waals surface area contributed by atoms with Gasteiger partial charge in [0.25, 0.3) is 0 Å². The van der Waals surface area contributed by atoms with Crippen LogP contribution in [0.3, 0.4) is 0 Å². The van der Waals surface area contributed by atoms with E-state index in [1.807, 2.05) is 0 Å². The molecule has 19 heavy (non-hydrogen) atoms. The predicted octanol–water partition coefficient (Wildman–Crippen LogP) is 3.50. The largest absolute Gasteiger partial charge is 0.417 e. The normalized spacial score (nSPS) is 11.5. The van der Waals surface area contributed by atoms with E-state index in [0.29, 0.717) is 12.3 Å². The van der Waals surface area contributed by atoms with Gasteiger partial charge in [-0.1, -0.05) is 11.6 Å². The molecule has 0 unspecified atom stereocenters. The summed E-state index contributed by atoms with van der Waals surface area (Å²) in [5, 5.41) is 23.6. The Hall–Kier alpha value is -2.19. The van der Waals surface area contributed by atoms with E-state index in [1.165, 1.54) is 0 Å². The summed E-state index contributed by atoms with van der Waals surface area (Å²) in [5.41, 5.74) is -0.997. The van der Waals surface area contributed by atoms with Gasteiger partial charge in [-0.3, -0.25) is 0 Å². The summed E-state index contributed by atoms with van der Waals surface area (Å²) in [5.74, 6) is -1.18. The summed E-state index contributed by atoms with van der Waals surface area (Å²) >= 11 is 5.57. The molecule has 0 aliphatic heterocycles. The summed E-state index contributed by atoms with van der Waals surface area (Å²) in [7, 11) is 0. The molecule has 0 aliphatic rings. The summed E-state index contributed by atoms with van der Waals surface area (Å²) in [4.78, 5) is 3.42. The highest BCUT2D eigenvalue weighted by atomic mass is 35.5. The number of halogens is 4. The first-order valence-electron chi connectivity index (χ1n) is 4.78. The molecular formula is C10H5ClF3N5. The van der Waals surface area contributed by atoms with Crippen molar-refractivity contribution in [3.8, 4) is 12.1 Å². The molecule has 0 radical (unpaired) electrons. The van der Waals surface area contributed by atoms with Crippen molar-refractivity contribution in [2.75, 3.05) is 6.54 Å². The van der Waals surface area contributed by atoms with Gasteiger partial charge in [-0.2, -0.15) is 28.8 Å². The van der Waals surface area contributed by atoms with Crippen LogP contribution in [0.1, 0.15) is 5.56 Å². The number of aromatic nitrogens is 1. The summed E-state index contributed by atoms with van der Waals surface area (Å²) in [6.45, 7) is -0.202. The number of nitriles is 2. The molecule has 0 amide bonds. The van der Waals surface area contributed by atoms with Crippen molar-refractivity contribution in [1.82, 2.24) is 4.98 Å². The van der Waals surface area contributed by atoms with Crippen LogP contribution in [0.4, 0.5) is 19.0 Å². The highest BCUT2D eigenvalue weighted by Gasteiger charge is 2.31. The minimum Gasteiger partial charge on any atom is -0.234 e. The lowest BCUT2D eigenvalue weighted by atomic mass is 10.2. The van der Waals surface area contributed by atoms with Crippen molar-refractivity contribution < 1.29 is 13.2 Å². The van der Waals surface area contributed by atoms with E-state index in [0.717, 1.165) is 0 Å². The Bertz CT molecular complexity index is 556. The van der Waals surface area contributed by atoms with Gasteiger partial charge in [-0.15, -0.1) is 5.11 Å². The van der Waals surface area contributed by atoms with Crippen molar-refractivity contribution >= 4 is 17.4 Å². The first kappa shape index (κ1) is 14.9. The summed E-state index contributed by atoms with van der Waals surface area (Å²) in [6.07, 6.45) is -3.97. The Morgan fingerprint density at radius 3 is 2.47 bits per heavy atom. The van der Waals surface area contributed by atoms with Gasteiger partial charge in [-0.05, 0) is 6.07 Å². The Morgan fingerprint density at radius 1 is 1.37 bits per heavy atom. The maximum atomic E-state index is 12.3. The number of alkyl halides is 3. The molecule has 1 heterocycles. The average molecular weight is 288 g/mol. The second-order valence-corrected chi connectivity index (χ2v) is 3.67. The van der Waals surface area contributed by atoms with Crippen LogP contribution in [0.5, 0.6) is 0 Å². The Kier molecular flexibility index (Phi) is 4.79. The van der Waals surface area contributed by atoms with E-state index in [-0.39, 0.29) is 17.4 Å². The second-order valence-electron chi connectivity index (χ2n) is 3.26. The molecule has 0 N–H and O–H groups in total. The highest BCUT2D eigenvalue weighted by molar-refractivity contribution is 6.32. The number of pyridine rings is 1. The molecule has 1 aromatic rings. The number of nitrogens with zero attached hydrogens (tertiary/aromatic N) is 5. The maximum absolute atomic E-state index is 12.3. The van der Waals surface area contributed by atoms with E-state index in [2.05, 4.69) is 15.2 Å². The van der Waals surface area contributed by atoms with Crippen LogP contribution in [0, 0.1) is 28.6 Å². The molecule has 9 heteroatoms. The van der Waals surface area contributed by atoms with E-state index in [1.54, 1.807) is 12.1 Å². The van der Waals surface area contributed by atoms with Crippen LogP contribution in [-0.2, 0) is 6.18 Å². The van der Waals surface area contributed by atoms with Gasteiger partial charge in [0.15, 0.2) is 11.7 Å². The summed E-state index contributed by atoms with van der Waals surface area (Å²) in [6, 6.07) is 4.00. The zero-order chi connectivity index (χ0) is 14.5. The van der Waals surface area contributed by atoms with Crippen molar-refractivity contribution in [3.05, 3.63) is 22.8 Å². The Morgan fingerprint density at radius 2 is 2.00 bits per heavy atom. The van der Waals surface area contributed by atoms with Gasteiger partial charge in [0.2, 0.25) is 0 Å². The fourth-order valence-electron chi connectivity index (χ4n) is 0.959. The van der Waals surface area contributed by atoms with E-state index in [9.17, 15) is 13.2 Å². The van der Waals surface area contributed by atoms with E-state index >= 15 is 0 Å². The third-order valence-corrected chi connectivity index (χ3v) is 2.17. The van der Waals surface area contributed by atoms with Gasteiger partial charge in [0.05, 0.1) is 29.3 Å². The lowest BCUT2D eigenvalue weighted by Gasteiger charge is -2.06. The second kappa shape index (κ2) is 6.12. The summed E-state index contributed by atoms with van der Waals surface area (Å²) < 4.78 is 37.0. The highest BCUT2D eigenvalue weighted by Crippen LogP contribution is 2.33. The molecule has 5 nitrogen and oxygen atoms in total. The lowest BCUT2D eigenvalue weighted by Crippen LogP contribution is -2.05. The van der Waals surface area contributed by atoms with Gasteiger partial charge >= 0.3 is 6.18 Å². The monoisotopic (exact) mass is 287 g/mol. The molecule has 98 valence electrons. The standard InChI is InChI=1S/C10H5ClF3N5/c11-8-1-7(10(12,13)14)5-17-9(8)19-18-4-6(2-15)3-16/h1,5-6H,4H2. The molecule has 0 spiro atoms. The minimum absolute atomic E-state index is 0.202. The fourth-order valence-corrected chi connectivity index (χ4v) is 1.16. The van der Waals surface area contributed by atoms with Crippen molar-refractivity contribution in [2.24, 2.45) is 16.1 Å². The molecule has 0 fully saturated rings. The Labute approximate surface area is 111 Å². The van der Waals surface area contributed by atoms with E-state index in [4.69, 9.17) is 22.1 Å². The molecule has 1 rings (SSSR count). The van der Waals surface area contributed by atoms with Crippen LogP contribution in [0.2, 0.25) is 5.02 Å². The van der Waals surface area contributed by atoms with E-state index < -0.39 is 17.7 Å². The number of hydrogen-bond donors (Lipinski definition) is 0. The first-order chi connectivity index (χ1) is 8.88. The number of rotatable bonds is 3.